The molecule has 1 aliphatic rings. The van der Waals surface area contributed by atoms with Crippen LogP contribution in [0.15, 0.2) is 35.3 Å². The van der Waals surface area contributed by atoms with Crippen molar-refractivity contribution in [1.82, 2.24) is 10.2 Å². The predicted octanol–water partition coefficient (Wildman–Crippen LogP) is 3.95. The Morgan fingerprint density at radius 3 is 2.76 bits per heavy atom. The van der Waals surface area contributed by atoms with E-state index < -0.39 is 0 Å². The summed E-state index contributed by atoms with van der Waals surface area (Å²) in [7, 11) is 1.76. The van der Waals surface area contributed by atoms with Gasteiger partial charge >= 0.3 is 0 Å². The van der Waals surface area contributed by atoms with Crippen LogP contribution in [0.4, 0.5) is 0 Å². The zero-order chi connectivity index (χ0) is 17.0. The van der Waals surface area contributed by atoms with Crippen molar-refractivity contribution in [2.45, 2.75) is 39.0 Å². The van der Waals surface area contributed by atoms with Gasteiger partial charge in [-0.1, -0.05) is 30.3 Å². The van der Waals surface area contributed by atoms with E-state index in [0.29, 0.717) is 0 Å². The van der Waals surface area contributed by atoms with Gasteiger partial charge in [-0.2, -0.15) is 0 Å². The Morgan fingerprint density at radius 2 is 2.04 bits per heavy atom. The molecule has 1 N–H and O–H groups in total. The SMILES string of the molecule is CCNC(=NCCCCCOC)N1CCC(Cc2ccccc2)C1.I. The Kier molecular flexibility index (Phi) is 11.9. The molecule has 1 aromatic carbocycles. The summed E-state index contributed by atoms with van der Waals surface area (Å²) in [5.74, 6) is 1.83. The van der Waals surface area contributed by atoms with Crippen LogP contribution in [-0.2, 0) is 11.2 Å². The number of methoxy groups -OCH3 is 1. The molecule has 1 unspecified atom stereocenters. The fourth-order valence-corrected chi connectivity index (χ4v) is 3.28. The highest BCUT2D eigenvalue weighted by atomic mass is 127. The van der Waals surface area contributed by atoms with Crippen LogP contribution in [-0.4, -0.2) is 50.8 Å². The first kappa shape index (κ1) is 22.2. The number of nitrogens with zero attached hydrogens (tertiary/aromatic N) is 2. The molecule has 25 heavy (non-hydrogen) atoms. The van der Waals surface area contributed by atoms with Crippen LogP contribution in [0.25, 0.3) is 0 Å². The standard InChI is InChI=1S/C20H33N3O.HI/c1-3-21-20(22-13-8-5-9-15-24-2)23-14-12-19(17-23)16-18-10-6-4-7-11-18;/h4,6-7,10-11,19H,3,5,8-9,12-17H2,1-2H3,(H,21,22);1H. The predicted molar refractivity (Wildman–Crippen MR) is 117 cm³/mol. The van der Waals surface area contributed by atoms with E-state index in [0.717, 1.165) is 57.5 Å². The van der Waals surface area contributed by atoms with E-state index in [1.807, 2.05) is 0 Å². The minimum Gasteiger partial charge on any atom is -0.385 e. The number of unbranched alkanes of at least 4 members (excludes halogenated alkanes) is 2. The molecule has 0 aliphatic carbocycles. The van der Waals surface area contributed by atoms with E-state index in [1.54, 1.807) is 7.11 Å². The molecule has 2 rings (SSSR count). The van der Waals surface area contributed by atoms with Crippen molar-refractivity contribution in [3.63, 3.8) is 0 Å². The van der Waals surface area contributed by atoms with Gasteiger partial charge in [-0.05, 0) is 50.5 Å². The molecule has 1 fully saturated rings. The van der Waals surface area contributed by atoms with Crippen LogP contribution in [0, 0.1) is 5.92 Å². The third-order valence-electron chi connectivity index (χ3n) is 4.56. The molecule has 1 aliphatic heterocycles. The summed E-state index contributed by atoms with van der Waals surface area (Å²) in [4.78, 5) is 7.26. The summed E-state index contributed by atoms with van der Waals surface area (Å²) in [6, 6.07) is 10.8. The maximum absolute atomic E-state index is 5.09. The summed E-state index contributed by atoms with van der Waals surface area (Å²) < 4.78 is 5.09. The molecule has 5 heteroatoms. The van der Waals surface area contributed by atoms with Gasteiger partial charge in [-0.3, -0.25) is 4.99 Å². The molecule has 0 amide bonds. The van der Waals surface area contributed by atoms with Gasteiger partial charge in [0.25, 0.3) is 0 Å². The minimum absolute atomic E-state index is 0. The van der Waals surface area contributed by atoms with Crippen molar-refractivity contribution in [3.05, 3.63) is 35.9 Å². The van der Waals surface area contributed by atoms with Crippen molar-refractivity contribution in [2.24, 2.45) is 10.9 Å². The van der Waals surface area contributed by atoms with Crippen LogP contribution in [0.5, 0.6) is 0 Å². The molecular formula is C20H34IN3O. The van der Waals surface area contributed by atoms with E-state index in [1.165, 1.54) is 24.8 Å². The highest BCUT2D eigenvalue weighted by molar-refractivity contribution is 14.0. The maximum atomic E-state index is 5.09. The van der Waals surface area contributed by atoms with Gasteiger partial charge in [-0.25, -0.2) is 0 Å². The average molecular weight is 459 g/mol. The lowest BCUT2D eigenvalue weighted by Crippen LogP contribution is -2.40. The molecule has 1 aromatic rings. The molecule has 1 atom stereocenters. The largest absolute Gasteiger partial charge is 0.385 e. The molecule has 0 aromatic heterocycles. The van der Waals surface area contributed by atoms with Gasteiger partial charge in [0.1, 0.15) is 0 Å². The Balaban J connectivity index is 0.00000312. The summed E-state index contributed by atoms with van der Waals surface area (Å²) >= 11 is 0. The zero-order valence-electron chi connectivity index (χ0n) is 15.7. The van der Waals surface area contributed by atoms with Crippen molar-refractivity contribution in [3.8, 4) is 0 Å². The Hall–Kier alpha value is -0.820. The number of benzene rings is 1. The summed E-state index contributed by atoms with van der Waals surface area (Å²) in [6.07, 6.45) is 5.89. The van der Waals surface area contributed by atoms with E-state index >= 15 is 0 Å². The quantitative estimate of drug-likeness (QED) is 0.263. The Labute approximate surface area is 170 Å². The van der Waals surface area contributed by atoms with Crippen molar-refractivity contribution in [2.75, 3.05) is 39.9 Å². The second-order valence-electron chi connectivity index (χ2n) is 6.58. The van der Waals surface area contributed by atoms with Gasteiger partial charge < -0.3 is 15.0 Å². The number of likely N-dealkylation sites (tertiary alicyclic amines) is 1. The molecule has 142 valence electrons. The molecule has 0 saturated carbocycles. The topological polar surface area (TPSA) is 36.9 Å². The van der Waals surface area contributed by atoms with Crippen molar-refractivity contribution >= 4 is 29.9 Å². The summed E-state index contributed by atoms with van der Waals surface area (Å²) in [6.45, 7) is 7.08. The zero-order valence-corrected chi connectivity index (χ0v) is 18.1. The monoisotopic (exact) mass is 459 g/mol. The Morgan fingerprint density at radius 1 is 1.24 bits per heavy atom. The molecule has 4 nitrogen and oxygen atoms in total. The number of hydrogen-bond donors (Lipinski definition) is 1. The van der Waals surface area contributed by atoms with Crippen LogP contribution < -0.4 is 5.32 Å². The van der Waals surface area contributed by atoms with E-state index in [4.69, 9.17) is 9.73 Å². The molecule has 0 spiro atoms. The maximum Gasteiger partial charge on any atom is 0.193 e. The van der Waals surface area contributed by atoms with Crippen molar-refractivity contribution < 1.29 is 4.74 Å². The second-order valence-corrected chi connectivity index (χ2v) is 6.58. The molecule has 0 bridgehead atoms. The van der Waals surface area contributed by atoms with Crippen LogP contribution in [0.3, 0.4) is 0 Å². The van der Waals surface area contributed by atoms with Crippen LogP contribution in [0.1, 0.15) is 38.2 Å². The average Bonchev–Trinajstić information content (AvgIpc) is 3.06. The van der Waals surface area contributed by atoms with Gasteiger partial charge in [0, 0.05) is 39.9 Å². The number of hydrogen-bond acceptors (Lipinski definition) is 2. The molecule has 1 heterocycles. The second kappa shape index (κ2) is 13.4. The number of rotatable bonds is 9. The van der Waals surface area contributed by atoms with Crippen LogP contribution >= 0.6 is 24.0 Å². The van der Waals surface area contributed by atoms with Gasteiger partial charge in [0.2, 0.25) is 0 Å². The molecule has 0 radical (unpaired) electrons. The normalized spacial score (nSPS) is 17.4. The van der Waals surface area contributed by atoms with Crippen molar-refractivity contribution in [1.29, 1.82) is 0 Å². The van der Waals surface area contributed by atoms with Crippen LogP contribution in [0.2, 0.25) is 0 Å². The fraction of sp³-hybridized carbons (Fsp3) is 0.650. The van der Waals surface area contributed by atoms with Gasteiger partial charge in [-0.15, -0.1) is 24.0 Å². The first-order valence-corrected chi connectivity index (χ1v) is 9.39. The third kappa shape index (κ3) is 8.40. The van der Waals surface area contributed by atoms with E-state index in [9.17, 15) is 0 Å². The summed E-state index contributed by atoms with van der Waals surface area (Å²) in [5.41, 5.74) is 1.45. The fourth-order valence-electron chi connectivity index (χ4n) is 3.28. The van der Waals surface area contributed by atoms with E-state index in [2.05, 4.69) is 47.5 Å². The first-order chi connectivity index (χ1) is 11.8. The number of guanidine groups is 1. The number of nitrogens with one attached hydrogen (secondary N) is 1. The third-order valence-corrected chi connectivity index (χ3v) is 4.56. The summed E-state index contributed by atoms with van der Waals surface area (Å²) in [5, 5.41) is 3.46. The number of ether oxygens (including phenoxy) is 1. The van der Waals surface area contributed by atoms with Gasteiger partial charge in [0.15, 0.2) is 5.96 Å². The lowest BCUT2D eigenvalue weighted by atomic mass is 9.99. The molecular weight excluding hydrogens is 425 g/mol. The minimum atomic E-state index is 0. The number of halogens is 1. The lowest BCUT2D eigenvalue weighted by Gasteiger charge is -2.21. The first-order valence-electron chi connectivity index (χ1n) is 9.39. The van der Waals surface area contributed by atoms with Gasteiger partial charge in [0.05, 0.1) is 0 Å². The lowest BCUT2D eigenvalue weighted by molar-refractivity contribution is 0.192. The smallest absolute Gasteiger partial charge is 0.193 e. The Bertz CT molecular complexity index is 481. The molecule has 1 saturated heterocycles. The number of aliphatic imine (C=N–C) groups is 1. The highest BCUT2D eigenvalue weighted by Crippen LogP contribution is 2.20. The van der Waals surface area contributed by atoms with E-state index in [-0.39, 0.29) is 24.0 Å². The highest BCUT2D eigenvalue weighted by Gasteiger charge is 2.24.